The number of amides is 2. The molecule has 4 rings (SSSR count). The fraction of sp³-hybridized carbons (Fsp3) is 0.258. The van der Waals surface area contributed by atoms with Crippen LogP contribution < -0.4 is 26.1 Å². The molecule has 224 valence electrons. The second-order valence-electron chi connectivity index (χ2n) is 9.80. The number of ether oxygens (including phenoxy) is 2. The summed E-state index contributed by atoms with van der Waals surface area (Å²) in [6, 6.07) is 16.0. The highest BCUT2D eigenvalue weighted by atomic mass is 32.1. The largest absolute Gasteiger partial charge is 0.483 e. The molecular weight excluding hydrogens is 568 g/mol. The molecule has 2 aromatic carbocycles. The van der Waals surface area contributed by atoms with E-state index < -0.39 is 17.9 Å². The summed E-state index contributed by atoms with van der Waals surface area (Å²) in [6.45, 7) is 8.81. The molecule has 0 saturated heterocycles. The van der Waals surface area contributed by atoms with Crippen LogP contribution in [0.4, 0.5) is 5.69 Å². The van der Waals surface area contributed by atoms with Crippen LogP contribution in [0.15, 0.2) is 71.0 Å². The lowest BCUT2D eigenvalue weighted by Crippen LogP contribution is -2.45. The highest BCUT2D eigenvalue weighted by Gasteiger charge is 2.32. The molecule has 12 heteroatoms. The average molecular weight is 603 g/mol. The second kappa shape index (κ2) is 13.8. The smallest absolute Gasteiger partial charge is 0.338 e. The quantitative estimate of drug-likeness (QED) is 0.119. The number of hydrogen-bond acceptors (Lipinski definition) is 7. The molecule has 0 radical (unpaired) electrons. The number of rotatable bonds is 10. The first-order valence-electron chi connectivity index (χ1n) is 13.6. The maximum atomic E-state index is 12.7. The van der Waals surface area contributed by atoms with Gasteiger partial charge in [0.05, 0.1) is 24.4 Å². The van der Waals surface area contributed by atoms with Crippen LogP contribution in [0.25, 0.3) is 5.69 Å². The van der Waals surface area contributed by atoms with Crippen LogP contribution in [0.2, 0.25) is 0 Å². The zero-order valence-corrected chi connectivity index (χ0v) is 25.4. The first-order chi connectivity index (χ1) is 20.6. The predicted octanol–water partition coefficient (Wildman–Crippen LogP) is 3.94. The van der Waals surface area contributed by atoms with Crippen molar-refractivity contribution in [2.24, 2.45) is 5.10 Å². The number of nitrogens with one attached hydrogen (secondary N) is 4. The summed E-state index contributed by atoms with van der Waals surface area (Å²) >= 11 is 5.32. The van der Waals surface area contributed by atoms with Gasteiger partial charge in [0, 0.05) is 46.5 Å². The van der Waals surface area contributed by atoms with E-state index in [2.05, 4.69) is 31.0 Å². The van der Waals surface area contributed by atoms with Gasteiger partial charge in [-0.2, -0.15) is 5.10 Å². The third-order valence-corrected chi connectivity index (χ3v) is 6.88. The van der Waals surface area contributed by atoms with Crippen LogP contribution in [0, 0.1) is 13.8 Å². The van der Waals surface area contributed by atoms with Gasteiger partial charge in [-0.25, -0.2) is 10.2 Å². The lowest BCUT2D eigenvalue weighted by Gasteiger charge is -2.30. The molecule has 3 aromatic rings. The van der Waals surface area contributed by atoms with Crippen molar-refractivity contribution in [2.75, 3.05) is 18.5 Å². The molecule has 1 aromatic heterocycles. The maximum absolute atomic E-state index is 12.7. The third-order valence-electron chi connectivity index (χ3n) is 6.66. The zero-order chi connectivity index (χ0) is 31.1. The van der Waals surface area contributed by atoms with Crippen molar-refractivity contribution in [1.82, 2.24) is 20.6 Å². The second-order valence-corrected chi connectivity index (χ2v) is 10.2. The Morgan fingerprint density at radius 3 is 2.51 bits per heavy atom. The molecule has 4 N–H and O–H groups in total. The number of carbonyl (C=O) groups is 3. The van der Waals surface area contributed by atoms with Gasteiger partial charge < -0.3 is 30.0 Å². The first kappa shape index (κ1) is 31.0. The van der Waals surface area contributed by atoms with Crippen LogP contribution in [0.3, 0.4) is 0 Å². The number of esters is 1. The number of hydrazone groups is 1. The number of aromatic nitrogens is 1. The summed E-state index contributed by atoms with van der Waals surface area (Å²) in [5, 5.41) is 13.3. The first-order valence-corrected chi connectivity index (χ1v) is 14.1. The van der Waals surface area contributed by atoms with E-state index in [-0.39, 0.29) is 19.1 Å². The zero-order valence-electron chi connectivity index (χ0n) is 24.6. The Kier molecular flexibility index (Phi) is 9.94. The molecule has 2 heterocycles. The molecule has 0 spiro atoms. The average Bonchev–Trinajstić information content (AvgIpc) is 3.24. The standard InChI is InChI=1S/C31H34N6O5S/c1-6-41-30(40)28-19(3)33-31(43)35-29(28)25-9-7-8-10-26(25)42-17-27(39)36-32-16-22-15-18(2)37(20(22)4)24-13-11-23(12-14-24)34-21(5)38/h7-16,29H,6,17H2,1-5H3,(H,34,38)(H,36,39)(H2,33,35,43)/t29-/m1/s1. The minimum atomic E-state index is -0.623. The number of thiocarbonyl (C=S) groups is 1. The molecule has 11 nitrogen and oxygen atoms in total. The van der Waals surface area contributed by atoms with Gasteiger partial charge in [-0.05, 0) is 76.3 Å². The van der Waals surface area contributed by atoms with Crippen molar-refractivity contribution in [3.63, 3.8) is 0 Å². The van der Waals surface area contributed by atoms with E-state index >= 15 is 0 Å². The lowest BCUT2D eigenvalue weighted by molar-refractivity contribution is -0.139. The van der Waals surface area contributed by atoms with Gasteiger partial charge in [-0.3, -0.25) is 9.59 Å². The van der Waals surface area contributed by atoms with Crippen LogP contribution in [-0.2, 0) is 19.1 Å². The van der Waals surface area contributed by atoms with Crippen LogP contribution >= 0.6 is 12.2 Å². The molecule has 2 amide bonds. The number of para-hydroxylation sites is 1. The fourth-order valence-corrected chi connectivity index (χ4v) is 5.09. The van der Waals surface area contributed by atoms with E-state index in [1.165, 1.54) is 6.92 Å². The molecule has 0 saturated carbocycles. The number of hydrogen-bond donors (Lipinski definition) is 4. The number of carbonyl (C=O) groups excluding carboxylic acids is 3. The molecule has 0 bridgehead atoms. The summed E-state index contributed by atoms with van der Waals surface area (Å²) in [4.78, 5) is 36.7. The van der Waals surface area contributed by atoms with E-state index in [0.717, 1.165) is 28.3 Å². The lowest BCUT2D eigenvalue weighted by atomic mass is 9.95. The Balaban J connectivity index is 1.42. The van der Waals surface area contributed by atoms with Crippen molar-refractivity contribution in [2.45, 2.75) is 40.7 Å². The van der Waals surface area contributed by atoms with Gasteiger partial charge in [0.2, 0.25) is 5.91 Å². The van der Waals surface area contributed by atoms with E-state index in [0.29, 0.717) is 27.7 Å². The number of aryl methyl sites for hydroxylation is 1. The summed E-state index contributed by atoms with van der Waals surface area (Å²) in [7, 11) is 0. The molecule has 43 heavy (non-hydrogen) atoms. The van der Waals surface area contributed by atoms with Gasteiger partial charge >= 0.3 is 5.97 Å². The molecule has 1 aliphatic rings. The number of allylic oxidation sites excluding steroid dienone is 1. The topological polar surface area (TPSA) is 135 Å². The fourth-order valence-electron chi connectivity index (χ4n) is 4.82. The van der Waals surface area contributed by atoms with Crippen molar-refractivity contribution in [3.05, 3.63) is 88.4 Å². The SMILES string of the molecule is CCOC(=O)C1=C(C)NC(=S)N[C@@H]1c1ccccc1OCC(=O)NN=Cc1cc(C)n(-c2ccc(NC(C)=O)cc2)c1C. The highest BCUT2D eigenvalue weighted by molar-refractivity contribution is 7.80. The maximum Gasteiger partial charge on any atom is 0.338 e. The number of benzene rings is 2. The van der Waals surface area contributed by atoms with Crippen molar-refractivity contribution < 1.29 is 23.9 Å². The molecule has 1 aliphatic heterocycles. The van der Waals surface area contributed by atoms with Gasteiger partial charge in [-0.1, -0.05) is 18.2 Å². The van der Waals surface area contributed by atoms with E-state index in [4.69, 9.17) is 21.7 Å². The van der Waals surface area contributed by atoms with Gasteiger partial charge in [-0.15, -0.1) is 0 Å². The summed E-state index contributed by atoms with van der Waals surface area (Å²) in [5.41, 5.74) is 8.48. The van der Waals surface area contributed by atoms with E-state index in [1.54, 1.807) is 38.3 Å². The minimum absolute atomic E-state index is 0.130. The Labute approximate surface area is 255 Å². The minimum Gasteiger partial charge on any atom is -0.483 e. The number of anilines is 1. The van der Waals surface area contributed by atoms with Crippen molar-refractivity contribution >= 4 is 47.0 Å². The van der Waals surface area contributed by atoms with Gasteiger partial charge in [0.1, 0.15) is 5.75 Å². The molecule has 1 atom stereocenters. The van der Waals surface area contributed by atoms with E-state index in [1.807, 2.05) is 50.2 Å². The third kappa shape index (κ3) is 7.46. The summed E-state index contributed by atoms with van der Waals surface area (Å²) in [6.07, 6.45) is 1.58. The van der Waals surface area contributed by atoms with Crippen LogP contribution in [-0.4, -0.2) is 46.9 Å². The number of nitrogens with zero attached hydrogens (tertiary/aromatic N) is 2. The molecular formula is C31H34N6O5S. The highest BCUT2D eigenvalue weighted by Crippen LogP contribution is 2.33. The van der Waals surface area contributed by atoms with Crippen LogP contribution in [0.5, 0.6) is 5.75 Å². The van der Waals surface area contributed by atoms with Gasteiger partial charge in [0.25, 0.3) is 5.91 Å². The predicted molar refractivity (Wildman–Crippen MR) is 168 cm³/mol. The Hall–Kier alpha value is -4.97. The van der Waals surface area contributed by atoms with Crippen LogP contribution in [0.1, 0.15) is 49.3 Å². The molecule has 0 aliphatic carbocycles. The van der Waals surface area contributed by atoms with E-state index in [9.17, 15) is 14.4 Å². The molecule has 0 fully saturated rings. The Morgan fingerprint density at radius 1 is 1.09 bits per heavy atom. The normalized spacial score (nSPS) is 14.6. The van der Waals surface area contributed by atoms with Gasteiger partial charge in [0.15, 0.2) is 11.7 Å². The monoisotopic (exact) mass is 602 g/mol. The summed E-state index contributed by atoms with van der Waals surface area (Å²) < 4.78 is 13.2. The summed E-state index contributed by atoms with van der Waals surface area (Å²) in [5.74, 6) is -0.656. The molecule has 0 unspecified atom stereocenters. The Bertz CT molecular complexity index is 1610. The Morgan fingerprint density at radius 2 is 1.81 bits per heavy atom. The van der Waals surface area contributed by atoms with Crippen molar-refractivity contribution in [3.8, 4) is 11.4 Å². The van der Waals surface area contributed by atoms with Crippen molar-refractivity contribution in [1.29, 1.82) is 0 Å².